The fourth-order valence-electron chi connectivity index (χ4n) is 7.87. The molecule has 1 aliphatic carbocycles. The summed E-state index contributed by atoms with van der Waals surface area (Å²) in [6.45, 7) is -1.19. The van der Waals surface area contributed by atoms with Gasteiger partial charge in [-0.15, -0.1) is 0 Å². The first kappa shape index (κ1) is 22.0. The van der Waals surface area contributed by atoms with Crippen LogP contribution in [-0.2, 0) is 29.0 Å². The number of rotatable bonds is 2. The number of benzene rings is 1. The molecule has 42 heavy (non-hydrogen) atoms. The van der Waals surface area contributed by atoms with E-state index in [2.05, 4.69) is 15.2 Å². The summed E-state index contributed by atoms with van der Waals surface area (Å²) < 4.78 is 31.4. The Bertz CT molecular complexity index is 2040. The van der Waals surface area contributed by atoms with Gasteiger partial charge in [0.15, 0.2) is 0 Å². The maximum atomic E-state index is 14.2. The second kappa shape index (κ2) is 8.43. The molecule has 2 aliphatic heterocycles. The molecule has 11 nitrogen and oxygen atoms in total. The number of aryl methyl sites for hydroxylation is 2. The molecule has 1 saturated heterocycles. The number of fused-ring (bicyclic) bond motifs is 5. The lowest BCUT2D eigenvalue weighted by molar-refractivity contribution is -0.134. The molecule has 1 aromatic carbocycles. The number of H-pyrrole nitrogens is 1. The fraction of sp³-hybridized carbons (Fsp3) is 0.387. The van der Waals surface area contributed by atoms with E-state index >= 15 is 0 Å². The number of piperidine rings is 1. The number of aromatic amines is 1. The summed E-state index contributed by atoms with van der Waals surface area (Å²) >= 11 is 0. The number of pyridine rings is 1. The minimum absolute atomic E-state index is 0.0381. The molecule has 0 atom stereocenters. The molecule has 3 aliphatic rings. The van der Waals surface area contributed by atoms with E-state index in [9.17, 15) is 9.59 Å². The van der Waals surface area contributed by atoms with Crippen molar-refractivity contribution in [2.24, 2.45) is 19.4 Å². The van der Waals surface area contributed by atoms with Crippen LogP contribution in [0.25, 0.3) is 44.3 Å². The Morgan fingerprint density at radius 1 is 1.10 bits per heavy atom. The molecule has 5 aromatic rings. The highest BCUT2D eigenvalue weighted by atomic mass is 16.5. The van der Waals surface area contributed by atoms with Gasteiger partial charge in [0.25, 0.3) is 0 Å². The average Bonchev–Trinajstić information content (AvgIpc) is 3.77. The molecule has 2 amide bonds. The maximum Gasteiger partial charge on any atom is 0.409 e. The molecule has 0 bridgehead atoms. The Morgan fingerprint density at radius 3 is 2.62 bits per heavy atom. The number of amides is 2. The van der Waals surface area contributed by atoms with E-state index in [0.29, 0.717) is 42.5 Å². The van der Waals surface area contributed by atoms with Gasteiger partial charge in [-0.25, -0.2) is 9.78 Å². The number of likely N-dealkylation sites (N-methyl/N-ethyl adjacent to an activating group) is 1. The number of carbonyl (C=O) groups is 2. The van der Waals surface area contributed by atoms with Crippen molar-refractivity contribution in [2.75, 3.05) is 32.1 Å². The van der Waals surface area contributed by atoms with Gasteiger partial charge >= 0.3 is 6.09 Å². The highest BCUT2D eigenvalue weighted by Gasteiger charge is 2.65. The summed E-state index contributed by atoms with van der Waals surface area (Å²) in [4.78, 5) is 38.2. The van der Waals surface area contributed by atoms with Gasteiger partial charge in [0.05, 0.1) is 48.0 Å². The molecule has 1 N–H and O–H groups in total. The number of hydrogen-bond acceptors (Lipinski definition) is 6. The second-order valence-corrected chi connectivity index (χ2v) is 12.1. The van der Waals surface area contributed by atoms with E-state index in [1.54, 1.807) is 39.1 Å². The first-order valence-corrected chi connectivity index (χ1v) is 14.1. The standard InChI is InChI=1S/C31H32N8O3/c1-36-15-20(13-33-36)26-23(18-5-6-21-19(11-18)12-34-38(21)3)24-25-22(14-32-27(24)35-26)37(2)28(40)31(25)16-30(17-31)7-9-39(10-8-30)29(41)42-4/h5-6,11-15H,7-10,16-17H2,1-4H3,(H,32,35)/i3D3. The summed E-state index contributed by atoms with van der Waals surface area (Å²) in [5, 5.41) is 10.2. The SMILES string of the molecule is [2H]C([2H])([2H])n1ncc2cc(-c3c(-c4cnn(C)c4)[nH]c4ncc5c(c34)C3(CC4(CCN(C(=O)OC)CC4)C3)C(=O)N5C)ccc21. The lowest BCUT2D eigenvalue weighted by Gasteiger charge is -2.57. The zero-order valence-corrected chi connectivity index (χ0v) is 23.6. The van der Waals surface area contributed by atoms with Gasteiger partial charge in [0, 0.05) is 71.9 Å². The van der Waals surface area contributed by atoms with Crippen molar-refractivity contribution in [1.29, 1.82) is 0 Å². The lowest BCUT2D eigenvalue weighted by Crippen LogP contribution is -2.58. The van der Waals surface area contributed by atoms with Crippen LogP contribution in [0.1, 0.15) is 35.4 Å². The number of likely N-dealkylation sites (tertiary alicyclic amines) is 1. The molecule has 4 aromatic heterocycles. The van der Waals surface area contributed by atoms with Gasteiger partial charge in [-0.3, -0.25) is 14.2 Å². The molecule has 6 heterocycles. The van der Waals surface area contributed by atoms with Crippen LogP contribution in [0.5, 0.6) is 0 Å². The van der Waals surface area contributed by atoms with Crippen molar-refractivity contribution in [3.05, 3.63) is 48.5 Å². The molecule has 214 valence electrons. The van der Waals surface area contributed by atoms with Crippen LogP contribution in [0.4, 0.5) is 10.5 Å². The van der Waals surface area contributed by atoms with E-state index in [1.807, 2.05) is 32.4 Å². The molecule has 2 fully saturated rings. The topological polar surface area (TPSA) is 114 Å². The number of carbonyl (C=O) groups excluding carboxylic acids is 2. The van der Waals surface area contributed by atoms with Gasteiger partial charge in [-0.05, 0) is 48.8 Å². The van der Waals surface area contributed by atoms with Crippen LogP contribution in [0.3, 0.4) is 0 Å². The van der Waals surface area contributed by atoms with Crippen LogP contribution in [0.15, 0.2) is 43.0 Å². The van der Waals surface area contributed by atoms with Gasteiger partial charge in [-0.2, -0.15) is 10.2 Å². The van der Waals surface area contributed by atoms with Crippen molar-refractivity contribution in [3.63, 3.8) is 0 Å². The molecule has 1 saturated carbocycles. The van der Waals surface area contributed by atoms with E-state index < -0.39 is 12.4 Å². The van der Waals surface area contributed by atoms with Gasteiger partial charge in [-0.1, -0.05) is 6.07 Å². The van der Waals surface area contributed by atoms with E-state index in [-0.39, 0.29) is 17.4 Å². The number of aromatic nitrogens is 6. The Hall–Kier alpha value is -4.67. The monoisotopic (exact) mass is 567 g/mol. The zero-order chi connectivity index (χ0) is 31.5. The number of anilines is 1. The summed E-state index contributed by atoms with van der Waals surface area (Å²) in [7, 11) is 5.08. The Balaban J connectivity index is 1.31. The van der Waals surface area contributed by atoms with Crippen molar-refractivity contribution < 1.29 is 18.4 Å². The summed E-state index contributed by atoms with van der Waals surface area (Å²) in [6.07, 6.45) is 9.79. The minimum atomic E-state index is -2.40. The van der Waals surface area contributed by atoms with Crippen LogP contribution in [-0.4, -0.2) is 73.7 Å². The smallest absolute Gasteiger partial charge is 0.409 e. The predicted octanol–water partition coefficient (Wildman–Crippen LogP) is 4.37. The Kier molecular flexibility index (Phi) is 4.42. The highest BCUT2D eigenvalue weighted by molar-refractivity contribution is 6.17. The molecule has 0 unspecified atom stereocenters. The molecular weight excluding hydrogens is 532 g/mol. The van der Waals surface area contributed by atoms with Gasteiger partial charge in [0.2, 0.25) is 5.91 Å². The zero-order valence-electron chi connectivity index (χ0n) is 26.6. The number of hydrogen-bond donors (Lipinski definition) is 1. The molecule has 2 spiro atoms. The number of nitrogens with one attached hydrogen (secondary N) is 1. The highest BCUT2D eigenvalue weighted by Crippen LogP contribution is 2.66. The molecular formula is C31H32N8O3. The molecule has 0 radical (unpaired) electrons. The third kappa shape index (κ3) is 3.24. The number of methoxy groups -OCH3 is 1. The summed E-state index contributed by atoms with van der Waals surface area (Å²) in [5.41, 5.74) is 5.62. The lowest BCUT2D eigenvalue weighted by atomic mass is 9.47. The third-order valence-corrected chi connectivity index (χ3v) is 9.82. The Labute approximate surface area is 246 Å². The van der Waals surface area contributed by atoms with Gasteiger partial charge in [0.1, 0.15) is 5.65 Å². The summed E-state index contributed by atoms with van der Waals surface area (Å²) in [5.74, 6) is 0.0669. The van der Waals surface area contributed by atoms with Crippen LogP contribution < -0.4 is 4.90 Å². The first-order valence-electron chi connectivity index (χ1n) is 15.6. The van der Waals surface area contributed by atoms with Crippen molar-refractivity contribution in [3.8, 4) is 22.4 Å². The largest absolute Gasteiger partial charge is 0.453 e. The number of ether oxygens (including phenoxy) is 1. The predicted molar refractivity (Wildman–Crippen MR) is 158 cm³/mol. The third-order valence-electron chi connectivity index (χ3n) is 9.82. The van der Waals surface area contributed by atoms with E-state index in [1.165, 1.54) is 7.11 Å². The minimum Gasteiger partial charge on any atom is -0.453 e. The second-order valence-electron chi connectivity index (χ2n) is 12.1. The maximum absolute atomic E-state index is 14.2. The van der Waals surface area contributed by atoms with Crippen LogP contribution in [0.2, 0.25) is 0 Å². The first-order chi connectivity index (χ1) is 21.4. The number of nitrogens with zero attached hydrogens (tertiary/aromatic N) is 7. The van der Waals surface area contributed by atoms with E-state index in [0.717, 1.165) is 56.5 Å². The normalized spacial score (nSPS) is 20.2. The average molecular weight is 568 g/mol. The van der Waals surface area contributed by atoms with E-state index in [4.69, 9.17) is 13.8 Å². The van der Waals surface area contributed by atoms with Crippen LogP contribution >= 0.6 is 0 Å². The van der Waals surface area contributed by atoms with Crippen molar-refractivity contribution in [2.45, 2.75) is 31.1 Å². The molecule has 8 rings (SSSR count). The van der Waals surface area contributed by atoms with Crippen molar-refractivity contribution in [1.82, 2.24) is 34.4 Å². The van der Waals surface area contributed by atoms with Crippen LogP contribution in [0, 0.1) is 5.41 Å². The molecule has 11 heteroatoms. The van der Waals surface area contributed by atoms with Crippen molar-refractivity contribution >= 4 is 39.6 Å². The quantitative estimate of drug-likeness (QED) is 0.339. The Morgan fingerprint density at radius 2 is 1.90 bits per heavy atom. The van der Waals surface area contributed by atoms with Gasteiger partial charge < -0.3 is 19.5 Å². The summed E-state index contributed by atoms with van der Waals surface area (Å²) in [6, 6.07) is 5.64. The fourth-order valence-corrected chi connectivity index (χ4v) is 7.87.